The minimum atomic E-state index is 0.664. The number of ether oxygens (including phenoxy) is 1. The molecule has 20 heavy (non-hydrogen) atoms. The van der Waals surface area contributed by atoms with Crippen LogP contribution in [0.5, 0.6) is 5.75 Å². The Morgan fingerprint density at radius 2 is 2.25 bits per heavy atom. The highest BCUT2D eigenvalue weighted by Gasteiger charge is 2.20. The molecule has 2 heterocycles. The zero-order valence-corrected chi connectivity index (χ0v) is 12.8. The number of hydrogen-bond donors (Lipinski definition) is 0. The first kappa shape index (κ1) is 13.2. The number of halogens is 1. The Morgan fingerprint density at radius 3 is 2.95 bits per heavy atom. The van der Waals surface area contributed by atoms with Gasteiger partial charge in [-0.2, -0.15) is 5.26 Å². The summed E-state index contributed by atoms with van der Waals surface area (Å²) >= 11 is 3.48. The molecule has 0 amide bonds. The van der Waals surface area contributed by atoms with E-state index in [-0.39, 0.29) is 0 Å². The molecule has 2 aromatic rings. The van der Waals surface area contributed by atoms with E-state index in [1.165, 1.54) is 0 Å². The van der Waals surface area contributed by atoms with Crippen molar-refractivity contribution in [3.8, 4) is 23.1 Å². The first-order valence-corrected chi connectivity index (χ1v) is 7.37. The molecule has 4 nitrogen and oxygen atoms in total. The monoisotopic (exact) mass is 331 g/mol. The van der Waals surface area contributed by atoms with Gasteiger partial charge in [0.1, 0.15) is 29.0 Å². The lowest BCUT2D eigenvalue weighted by molar-refractivity contribution is 0.412. The molecule has 1 aliphatic heterocycles. The third kappa shape index (κ3) is 2.10. The van der Waals surface area contributed by atoms with Crippen LogP contribution in [-0.2, 0) is 13.0 Å². The van der Waals surface area contributed by atoms with Crippen molar-refractivity contribution in [2.45, 2.75) is 25.8 Å². The lowest BCUT2D eigenvalue weighted by Gasteiger charge is -2.13. The van der Waals surface area contributed by atoms with Crippen LogP contribution in [0.15, 0.2) is 22.7 Å². The third-order valence-corrected chi connectivity index (χ3v) is 4.23. The molecular formula is C15H14BrN3O. The molecule has 0 bridgehead atoms. The number of aryl methyl sites for hydroxylation is 1. The minimum absolute atomic E-state index is 0.664. The molecule has 1 aromatic carbocycles. The SMILES string of the molecule is COc1ccc(-c2nc3n(c2C#N)CCCC3)cc1Br. The molecular weight excluding hydrogens is 318 g/mol. The zero-order chi connectivity index (χ0) is 14.1. The Morgan fingerprint density at radius 1 is 1.40 bits per heavy atom. The fourth-order valence-electron chi connectivity index (χ4n) is 2.61. The normalized spacial score (nSPS) is 13.7. The number of nitriles is 1. The molecule has 0 saturated carbocycles. The van der Waals surface area contributed by atoms with Crippen molar-refractivity contribution in [3.05, 3.63) is 34.2 Å². The predicted octanol–water partition coefficient (Wildman–Crippen LogP) is 3.53. The molecule has 0 radical (unpaired) electrons. The maximum Gasteiger partial charge on any atom is 0.148 e. The number of rotatable bonds is 2. The summed E-state index contributed by atoms with van der Waals surface area (Å²) in [5, 5.41) is 9.45. The van der Waals surface area contributed by atoms with Crippen LogP contribution in [-0.4, -0.2) is 16.7 Å². The largest absolute Gasteiger partial charge is 0.496 e. The summed E-state index contributed by atoms with van der Waals surface area (Å²) in [6.45, 7) is 0.891. The first-order chi connectivity index (χ1) is 9.74. The highest BCUT2D eigenvalue weighted by molar-refractivity contribution is 9.10. The lowest BCUT2D eigenvalue weighted by Crippen LogP contribution is -2.11. The van der Waals surface area contributed by atoms with E-state index in [1.54, 1.807) is 7.11 Å². The summed E-state index contributed by atoms with van der Waals surface area (Å²) in [5.74, 6) is 1.80. The van der Waals surface area contributed by atoms with Crippen LogP contribution in [0, 0.1) is 11.3 Å². The maximum atomic E-state index is 9.45. The van der Waals surface area contributed by atoms with Crippen molar-refractivity contribution < 1.29 is 4.74 Å². The molecule has 3 rings (SSSR count). The second-order valence-electron chi connectivity index (χ2n) is 4.80. The second-order valence-corrected chi connectivity index (χ2v) is 5.65. The van der Waals surface area contributed by atoms with Gasteiger partial charge in [-0.25, -0.2) is 4.98 Å². The summed E-state index contributed by atoms with van der Waals surface area (Å²) in [5.41, 5.74) is 2.38. The number of hydrogen-bond acceptors (Lipinski definition) is 3. The van der Waals surface area contributed by atoms with E-state index in [1.807, 2.05) is 18.2 Å². The molecule has 1 aromatic heterocycles. The summed E-state index contributed by atoms with van der Waals surface area (Å²) in [6, 6.07) is 8.09. The molecule has 0 spiro atoms. The van der Waals surface area contributed by atoms with E-state index in [2.05, 4.69) is 31.6 Å². The van der Waals surface area contributed by atoms with Crippen molar-refractivity contribution in [2.75, 3.05) is 7.11 Å². The Kier molecular flexibility index (Phi) is 3.49. The Bertz CT molecular complexity index is 700. The number of aromatic nitrogens is 2. The molecule has 0 saturated heterocycles. The lowest BCUT2D eigenvalue weighted by atomic mass is 10.1. The predicted molar refractivity (Wildman–Crippen MR) is 79.6 cm³/mol. The number of nitrogens with zero attached hydrogens (tertiary/aromatic N) is 3. The summed E-state index contributed by atoms with van der Waals surface area (Å²) < 4.78 is 8.16. The van der Waals surface area contributed by atoms with Gasteiger partial charge in [0.15, 0.2) is 0 Å². The van der Waals surface area contributed by atoms with Gasteiger partial charge in [0.25, 0.3) is 0 Å². The van der Waals surface area contributed by atoms with Gasteiger partial charge in [0, 0.05) is 18.5 Å². The van der Waals surface area contributed by atoms with E-state index in [0.29, 0.717) is 5.69 Å². The maximum absolute atomic E-state index is 9.45. The smallest absolute Gasteiger partial charge is 0.148 e. The van der Waals surface area contributed by atoms with Gasteiger partial charge in [0.2, 0.25) is 0 Å². The van der Waals surface area contributed by atoms with Crippen LogP contribution >= 0.6 is 15.9 Å². The van der Waals surface area contributed by atoms with Crippen LogP contribution in [0.2, 0.25) is 0 Å². The van der Waals surface area contributed by atoms with Gasteiger partial charge in [-0.1, -0.05) is 0 Å². The Balaban J connectivity index is 2.13. The van der Waals surface area contributed by atoms with Crippen molar-refractivity contribution in [1.82, 2.24) is 9.55 Å². The summed E-state index contributed by atoms with van der Waals surface area (Å²) in [6.07, 6.45) is 3.21. The molecule has 0 aliphatic carbocycles. The van der Waals surface area contributed by atoms with Crippen molar-refractivity contribution >= 4 is 15.9 Å². The number of methoxy groups -OCH3 is 1. The Hall–Kier alpha value is -1.80. The van der Waals surface area contributed by atoms with Crippen LogP contribution in [0.1, 0.15) is 24.4 Å². The second kappa shape index (κ2) is 5.29. The van der Waals surface area contributed by atoms with Gasteiger partial charge in [0.05, 0.1) is 11.6 Å². The highest BCUT2D eigenvalue weighted by Crippen LogP contribution is 2.32. The van der Waals surface area contributed by atoms with Crippen LogP contribution in [0.4, 0.5) is 0 Å². The van der Waals surface area contributed by atoms with Gasteiger partial charge < -0.3 is 9.30 Å². The molecule has 5 heteroatoms. The standard InChI is InChI=1S/C15H14BrN3O/c1-20-13-6-5-10(8-11(13)16)15-12(9-17)19-7-3-2-4-14(19)18-15/h5-6,8H,2-4,7H2,1H3. The molecule has 1 aliphatic rings. The van der Waals surface area contributed by atoms with E-state index in [4.69, 9.17) is 4.74 Å². The van der Waals surface area contributed by atoms with Gasteiger partial charge in [-0.3, -0.25) is 0 Å². The van der Waals surface area contributed by atoms with Gasteiger partial charge in [-0.05, 0) is 47.0 Å². The molecule has 102 valence electrons. The van der Waals surface area contributed by atoms with Crippen LogP contribution in [0.3, 0.4) is 0 Å². The summed E-state index contributed by atoms with van der Waals surface area (Å²) in [4.78, 5) is 4.67. The van der Waals surface area contributed by atoms with E-state index in [9.17, 15) is 5.26 Å². The number of imidazole rings is 1. The quantitative estimate of drug-likeness (QED) is 0.845. The first-order valence-electron chi connectivity index (χ1n) is 6.58. The highest BCUT2D eigenvalue weighted by atomic mass is 79.9. The van der Waals surface area contributed by atoms with E-state index in [0.717, 1.165) is 53.1 Å². The fraction of sp³-hybridized carbons (Fsp3) is 0.333. The third-order valence-electron chi connectivity index (χ3n) is 3.61. The van der Waals surface area contributed by atoms with E-state index < -0.39 is 0 Å². The summed E-state index contributed by atoms with van der Waals surface area (Å²) in [7, 11) is 1.63. The molecule has 0 N–H and O–H groups in total. The van der Waals surface area contributed by atoms with Crippen molar-refractivity contribution in [2.24, 2.45) is 0 Å². The molecule has 0 fully saturated rings. The van der Waals surface area contributed by atoms with Crippen molar-refractivity contribution in [1.29, 1.82) is 5.26 Å². The number of fused-ring (bicyclic) bond motifs is 1. The average Bonchev–Trinajstić information content (AvgIpc) is 2.85. The minimum Gasteiger partial charge on any atom is -0.496 e. The zero-order valence-electron chi connectivity index (χ0n) is 11.2. The van der Waals surface area contributed by atoms with Crippen LogP contribution < -0.4 is 4.74 Å². The van der Waals surface area contributed by atoms with Gasteiger partial charge in [-0.15, -0.1) is 0 Å². The van der Waals surface area contributed by atoms with E-state index >= 15 is 0 Å². The van der Waals surface area contributed by atoms with Crippen molar-refractivity contribution in [3.63, 3.8) is 0 Å². The Labute approximate surface area is 126 Å². The number of benzene rings is 1. The molecule has 0 atom stereocenters. The van der Waals surface area contributed by atoms with Gasteiger partial charge >= 0.3 is 0 Å². The topological polar surface area (TPSA) is 50.8 Å². The average molecular weight is 332 g/mol. The van der Waals surface area contributed by atoms with Crippen LogP contribution in [0.25, 0.3) is 11.3 Å². The molecule has 0 unspecified atom stereocenters. The fourth-order valence-corrected chi connectivity index (χ4v) is 3.15.